The number of allylic oxidation sites excluding steroid dienone is 2. The Bertz CT molecular complexity index is 939. The topological polar surface area (TPSA) is 0 Å². The van der Waals surface area contributed by atoms with Crippen LogP contribution in [0.25, 0.3) is 0 Å². The Balaban J connectivity index is 1.61. The van der Waals surface area contributed by atoms with Crippen LogP contribution < -0.4 is 15.9 Å². The van der Waals surface area contributed by atoms with Crippen molar-refractivity contribution in [2.24, 2.45) is 0 Å². The van der Waals surface area contributed by atoms with E-state index in [4.69, 9.17) is 0 Å². The monoisotopic (exact) mass is 400 g/mol. The molecular formula is C26H26P2. The van der Waals surface area contributed by atoms with Crippen LogP contribution in [0.15, 0.2) is 102 Å². The van der Waals surface area contributed by atoms with Crippen molar-refractivity contribution in [2.45, 2.75) is 37.2 Å². The molecule has 0 radical (unpaired) electrons. The van der Waals surface area contributed by atoms with E-state index in [9.17, 15) is 0 Å². The molecule has 2 heterocycles. The fraction of sp³-hybridized carbons (Fsp3) is 0.231. The maximum atomic E-state index is 2.42. The summed E-state index contributed by atoms with van der Waals surface area (Å²) >= 11 is 0. The zero-order chi connectivity index (χ0) is 19.1. The van der Waals surface area contributed by atoms with E-state index in [0.717, 1.165) is 17.0 Å². The highest BCUT2D eigenvalue weighted by atomic mass is 31.1. The average molecular weight is 400 g/mol. The SMILES string of the molecule is CC1=C(C)[C@@H]2[C@@H](P(c3ccccc3)c3ccccc3)C[C@H]1P2c1ccccc1. The molecule has 2 aliphatic rings. The zero-order valence-electron chi connectivity index (χ0n) is 16.5. The third kappa shape index (κ3) is 2.99. The summed E-state index contributed by atoms with van der Waals surface area (Å²) in [6, 6.07) is 34.0. The van der Waals surface area contributed by atoms with Crippen LogP contribution in [-0.2, 0) is 0 Å². The van der Waals surface area contributed by atoms with Gasteiger partial charge in [-0.1, -0.05) is 110 Å². The standard InChI is InChI=1S/C26H26P2/c1-19-20(2)26-25(18-24(19)28(26)23-16-10-5-11-17-23)27(21-12-6-3-7-13-21)22-14-8-4-9-15-22/h3-17,24-26H,18H2,1-2H3/t24-,25+,26-,28?/m1/s1. The van der Waals surface area contributed by atoms with E-state index in [2.05, 4.69) is 105 Å². The molecular weight excluding hydrogens is 374 g/mol. The van der Waals surface area contributed by atoms with Crippen molar-refractivity contribution in [1.29, 1.82) is 0 Å². The van der Waals surface area contributed by atoms with Crippen LogP contribution >= 0.6 is 15.8 Å². The Labute approximate surface area is 171 Å². The largest absolute Gasteiger partial charge is 0.0660 e. The summed E-state index contributed by atoms with van der Waals surface area (Å²) in [5.41, 5.74) is 5.63. The number of rotatable bonds is 4. The molecule has 3 aromatic rings. The van der Waals surface area contributed by atoms with Gasteiger partial charge in [-0.25, -0.2) is 0 Å². The van der Waals surface area contributed by atoms with Gasteiger partial charge in [0, 0.05) is 11.3 Å². The smallest absolute Gasteiger partial charge is 0.0120 e. The second kappa shape index (κ2) is 7.59. The fourth-order valence-electron chi connectivity index (χ4n) is 5.13. The van der Waals surface area contributed by atoms with E-state index < -0.39 is 0 Å². The van der Waals surface area contributed by atoms with Gasteiger partial charge in [0.25, 0.3) is 0 Å². The summed E-state index contributed by atoms with van der Waals surface area (Å²) in [6.45, 7) is 4.83. The lowest BCUT2D eigenvalue weighted by atomic mass is 9.94. The Kier molecular flexibility index (Phi) is 4.96. The molecule has 0 amide bonds. The van der Waals surface area contributed by atoms with Crippen molar-refractivity contribution in [3.05, 3.63) is 102 Å². The first-order valence-corrected chi connectivity index (χ1v) is 13.0. The molecule has 0 aromatic heterocycles. The van der Waals surface area contributed by atoms with Gasteiger partial charge in [-0.3, -0.25) is 0 Å². The van der Waals surface area contributed by atoms with Gasteiger partial charge in [0.05, 0.1) is 0 Å². The van der Waals surface area contributed by atoms with Crippen molar-refractivity contribution in [1.82, 2.24) is 0 Å². The van der Waals surface area contributed by atoms with E-state index in [0.29, 0.717) is 0 Å². The van der Waals surface area contributed by atoms with Crippen molar-refractivity contribution in [3.8, 4) is 0 Å². The van der Waals surface area contributed by atoms with Crippen LogP contribution in [0, 0.1) is 0 Å². The van der Waals surface area contributed by atoms with Gasteiger partial charge >= 0.3 is 0 Å². The van der Waals surface area contributed by atoms with Gasteiger partial charge in [0.1, 0.15) is 0 Å². The second-order valence-corrected chi connectivity index (χ2v) is 12.9. The number of fused-ring (bicyclic) bond motifs is 2. The van der Waals surface area contributed by atoms with Gasteiger partial charge in [-0.2, -0.15) is 0 Å². The van der Waals surface area contributed by atoms with Gasteiger partial charge in [-0.05, 0) is 49.8 Å². The molecule has 28 heavy (non-hydrogen) atoms. The molecule has 4 atom stereocenters. The molecule has 0 nitrogen and oxygen atoms in total. The maximum absolute atomic E-state index is 2.42. The Morgan fingerprint density at radius 1 is 0.679 bits per heavy atom. The summed E-state index contributed by atoms with van der Waals surface area (Å²) < 4.78 is 0. The van der Waals surface area contributed by atoms with Crippen molar-refractivity contribution in [3.63, 3.8) is 0 Å². The van der Waals surface area contributed by atoms with Crippen molar-refractivity contribution >= 4 is 31.8 Å². The minimum absolute atomic E-state index is 0.141. The van der Waals surface area contributed by atoms with E-state index in [1.165, 1.54) is 17.0 Å². The number of hydrogen-bond donors (Lipinski definition) is 0. The first kappa shape index (κ1) is 18.3. The molecule has 0 saturated carbocycles. The lowest BCUT2D eigenvalue weighted by Crippen LogP contribution is -2.30. The Hall–Kier alpha value is -1.74. The number of hydrogen-bond acceptors (Lipinski definition) is 0. The summed E-state index contributed by atoms with van der Waals surface area (Å²) in [5.74, 6) is 0. The highest BCUT2D eigenvalue weighted by Crippen LogP contribution is 2.70. The molecule has 140 valence electrons. The van der Waals surface area contributed by atoms with Crippen molar-refractivity contribution in [2.75, 3.05) is 0 Å². The minimum Gasteiger partial charge on any atom is -0.0660 e. The molecule has 0 spiro atoms. The Morgan fingerprint density at radius 2 is 1.18 bits per heavy atom. The van der Waals surface area contributed by atoms with Gasteiger partial charge in [0.15, 0.2) is 0 Å². The normalized spacial score (nSPS) is 26.2. The first-order valence-electron chi connectivity index (χ1n) is 10.2. The minimum atomic E-state index is -0.347. The van der Waals surface area contributed by atoms with Gasteiger partial charge in [0.2, 0.25) is 0 Å². The third-order valence-electron chi connectivity index (χ3n) is 6.48. The van der Waals surface area contributed by atoms with E-state index in [1.54, 1.807) is 16.5 Å². The second-order valence-electron chi connectivity index (χ2n) is 7.91. The fourth-order valence-corrected chi connectivity index (χ4v) is 12.9. The molecule has 0 aliphatic carbocycles. The highest BCUT2D eigenvalue weighted by molar-refractivity contribution is 7.76. The highest BCUT2D eigenvalue weighted by Gasteiger charge is 2.53. The molecule has 1 fully saturated rings. The predicted octanol–water partition coefficient (Wildman–Crippen LogP) is 5.79. The zero-order valence-corrected chi connectivity index (χ0v) is 18.3. The predicted molar refractivity (Wildman–Crippen MR) is 126 cm³/mol. The molecule has 0 N–H and O–H groups in total. The van der Waals surface area contributed by atoms with Crippen LogP contribution in [0.1, 0.15) is 20.3 Å². The van der Waals surface area contributed by atoms with E-state index in [1.807, 2.05) is 0 Å². The molecule has 5 rings (SSSR count). The lowest BCUT2D eigenvalue weighted by molar-refractivity contribution is 0.756. The summed E-state index contributed by atoms with van der Waals surface area (Å²) in [5, 5.41) is 4.67. The first-order chi connectivity index (χ1) is 13.8. The van der Waals surface area contributed by atoms with Crippen LogP contribution in [0.4, 0.5) is 0 Å². The van der Waals surface area contributed by atoms with Crippen LogP contribution in [0.5, 0.6) is 0 Å². The Morgan fingerprint density at radius 3 is 1.71 bits per heavy atom. The third-order valence-corrected chi connectivity index (χ3v) is 13.1. The summed E-state index contributed by atoms with van der Waals surface area (Å²) in [7, 11) is -0.488. The molecule has 1 saturated heterocycles. The molecule has 3 aromatic carbocycles. The number of benzene rings is 3. The summed E-state index contributed by atoms with van der Waals surface area (Å²) in [6.07, 6.45) is 1.35. The molecule has 2 bridgehead atoms. The van der Waals surface area contributed by atoms with E-state index in [-0.39, 0.29) is 15.8 Å². The van der Waals surface area contributed by atoms with Crippen LogP contribution in [-0.4, -0.2) is 17.0 Å². The van der Waals surface area contributed by atoms with Gasteiger partial charge < -0.3 is 0 Å². The molecule has 2 aliphatic heterocycles. The van der Waals surface area contributed by atoms with Crippen LogP contribution in [0.3, 0.4) is 0 Å². The van der Waals surface area contributed by atoms with Crippen LogP contribution in [0.2, 0.25) is 0 Å². The lowest BCUT2D eigenvalue weighted by Gasteiger charge is -2.33. The van der Waals surface area contributed by atoms with Crippen molar-refractivity contribution < 1.29 is 0 Å². The average Bonchev–Trinajstić information content (AvgIpc) is 3.25. The maximum Gasteiger partial charge on any atom is 0.0120 e. The van der Waals surface area contributed by atoms with Gasteiger partial charge in [-0.15, -0.1) is 0 Å². The van der Waals surface area contributed by atoms with E-state index >= 15 is 0 Å². The summed E-state index contributed by atoms with van der Waals surface area (Å²) in [4.78, 5) is 0. The quantitative estimate of drug-likeness (QED) is 0.384. The molecule has 2 heteroatoms. The molecule has 1 unspecified atom stereocenters.